The van der Waals surface area contributed by atoms with Crippen LogP contribution in [-0.4, -0.2) is 13.1 Å². The summed E-state index contributed by atoms with van der Waals surface area (Å²) >= 11 is 3.40. The van der Waals surface area contributed by atoms with Gasteiger partial charge >= 0.3 is 5.97 Å². The van der Waals surface area contributed by atoms with Gasteiger partial charge in [0.2, 0.25) is 0 Å². The highest BCUT2D eigenvalue weighted by atomic mass is 79.9. The molecule has 0 amide bonds. The second-order valence-corrected chi connectivity index (χ2v) is 6.86. The fraction of sp³-hybridized carbons (Fsp3) is 0.0952. The maximum absolute atomic E-state index is 12.1. The van der Waals surface area contributed by atoms with E-state index in [0.29, 0.717) is 15.7 Å². The minimum absolute atomic E-state index is 0.0474. The molecule has 3 aromatic rings. The first kappa shape index (κ1) is 15.9. The number of anilines is 1. The minimum Gasteiger partial charge on any atom is -0.465 e. The molecular formula is C21H16BrNO2. The molecule has 0 fully saturated rings. The van der Waals surface area contributed by atoms with Crippen LogP contribution in [0.25, 0.3) is 11.1 Å². The summed E-state index contributed by atoms with van der Waals surface area (Å²) in [6.07, 6.45) is 0. The topological polar surface area (TPSA) is 52.3 Å². The van der Waals surface area contributed by atoms with Crippen molar-refractivity contribution >= 4 is 27.6 Å². The zero-order valence-corrected chi connectivity index (χ0v) is 15.2. The van der Waals surface area contributed by atoms with Gasteiger partial charge in [-0.2, -0.15) is 0 Å². The third kappa shape index (κ3) is 2.45. The van der Waals surface area contributed by atoms with Gasteiger partial charge in [0, 0.05) is 11.6 Å². The molecule has 0 unspecified atom stereocenters. The second kappa shape index (κ2) is 6.05. The SMILES string of the molecule is COC(=O)c1cc(C2c3ccccc3-c3ccccc32)cc(N)c1Br. The van der Waals surface area contributed by atoms with Crippen LogP contribution in [0.1, 0.15) is 33.0 Å². The van der Waals surface area contributed by atoms with Crippen LogP contribution in [-0.2, 0) is 4.74 Å². The Kier molecular flexibility index (Phi) is 3.85. The summed E-state index contributed by atoms with van der Waals surface area (Å²) in [6.45, 7) is 0. The van der Waals surface area contributed by atoms with Crippen molar-refractivity contribution in [2.75, 3.05) is 12.8 Å². The van der Waals surface area contributed by atoms with Crippen LogP contribution in [0.3, 0.4) is 0 Å². The summed E-state index contributed by atoms with van der Waals surface area (Å²) in [5, 5.41) is 0. The largest absolute Gasteiger partial charge is 0.465 e. The van der Waals surface area contributed by atoms with E-state index in [1.54, 1.807) is 0 Å². The quantitative estimate of drug-likeness (QED) is 0.386. The molecule has 0 radical (unpaired) electrons. The molecule has 0 saturated heterocycles. The van der Waals surface area contributed by atoms with Crippen molar-refractivity contribution in [1.29, 1.82) is 0 Å². The molecule has 4 heteroatoms. The molecule has 0 bridgehead atoms. The van der Waals surface area contributed by atoms with E-state index < -0.39 is 5.97 Å². The van der Waals surface area contributed by atoms with Gasteiger partial charge in [0.05, 0.1) is 17.1 Å². The third-order valence-electron chi connectivity index (χ3n) is 4.70. The Bertz CT molecular complexity index is 951. The Morgan fingerprint density at radius 3 is 2.12 bits per heavy atom. The zero-order chi connectivity index (χ0) is 17.6. The third-order valence-corrected chi connectivity index (χ3v) is 5.58. The molecule has 3 nitrogen and oxygen atoms in total. The molecule has 1 aliphatic rings. The van der Waals surface area contributed by atoms with Crippen LogP contribution in [0.4, 0.5) is 5.69 Å². The van der Waals surface area contributed by atoms with Crippen molar-refractivity contribution < 1.29 is 9.53 Å². The molecule has 124 valence electrons. The molecule has 25 heavy (non-hydrogen) atoms. The Balaban J connectivity index is 1.96. The van der Waals surface area contributed by atoms with Gasteiger partial charge < -0.3 is 10.5 Å². The van der Waals surface area contributed by atoms with E-state index in [1.165, 1.54) is 29.4 Å². The van der Waals surface area contributed by atoms with E-state index in [4.69, 9.17) is 10.5 Å². The second-order valence-electron chi connectivity index (χ2n) is 6.07. The van der Waals surface area contributed by atoms with Crippen LogP contribution in [0.15, 0.2) is 65.1 Å². The van der Waals surface area contributed by atoms with Crippen molar-refractivity contribution in [2.45, 2.75) is 5.92 Å². The lowest BCUT2D eigenvalue weighted by Gasteiger charge is -2.17. The number of esters is 1. The van der Waals surface area contributed by atoms with E-state index in [9.17, 15) is 4.79 Å². The molecule has 1 aliphatic carbocycles. The summed E-state index contributed by atoms with van der Waals surface area (Å²) in [7, 11) is 1.37. The fourth-order valence-electron chi connectivity index (χ4n) is 3.61. The number of carbonyl (C=O) groups excluding carboxylic acids is 1. The summed E-state index contributed by atoms with van der Waals surface area (Å²) in [5.41, 5.74) is 13.0. The van der Waals surface area contributed by atoms with Crippen LogP contribution in [0, 0.1) is 0 Å². The highest BCUT2D eigenvalue weighted by Crippen LogP contribution is 2.48. The van der Waals surface area contributed by atoms with Crippen molar-refractivity contribution in [1.82, 2.24) is 0 Å². The number of rotatable bonds is 2. The zero-order valence-electron chi connectivity index (χ0n) is 13.6. The van der Waals surface area contributed by atoms with Gasteiger partial charge in [-0.05, 0) is 55.9 Å². The van der Waals surface area contributed by atoms with Gasteiger partial charge in [-0.1, -0.05) is 48.5 Å². The van der Waals surface area contributed by atoms with Gasteiger partial charge in [0.15, 0.2) is 0 Å². The van der Waals surface area contributed by atoms with E-state index >= 15 is 0 Å². The highest BCUT2D eigenvalue weighted by Gasteiger charge is 2.30. The molecule has 4 rings (SSSR count). The number of fused-ring (bicyclic) bond motifs is 3. The van der Waals surface area contributed by atoms with Crippen LogP contribution >= 0.6 is 15.9 Å². The first-order valence-electron chi connectivity index (χ1n) is 7.97. The van der Waals surface area contributed by atoms with E-state index in [0.717, 1.165) is 5.56 Å². The lowest BCUT2D eigenvalue weighted by atomic mass is 9.88. The van der Waals surface area contributed by atoms with Gasteiger partial charge in [0.1, 0.15) is 0 Å². The molecule has 0 atom stereocenters. The first-order chi connectivity index (χ1) is 12.1. The maximum atomic E-state index is 12.1. The van der Waals surface area contributed by atoms with Crippen molar-refractivity contribution in [3.05, 3.63) is 87.4 Å². The summed E-state index contributed by atoms with van der Waals surface area (Å²) in [5.74, 6) is -0.355. The fourth-order valence-corrected chi connectivity index (χ4v) is 4.00. The number of nitrogens with two attached hydrogens (primary N) is 1. The van der Waals surface area contributed by atoms with Crippen LogP contribution in [0.5, 0.6) is 0 Å². The average molecular weight is 394 g/mol. The smallest absolute Gasteiger partial charge is 0.339 e. The van der Waals surface area contributed by atoms with E-state index in [2.05, 4.69) is 40.2 Å². The maximum Gasteiger partial charge on any atom is 0.339 e. The lowest BCUT2D eigenvalue weighted by molar-refractivity contribution is 0.0599. The molecule has 0 spiro atoms. The Morgan fingerprint density at radius 1 is 1.00 bits per heavy atom. The predicted molar refractivity (Wildman–Crippen MR) is 103 cm³/mol. The number of methoxy groups -OCH3 is 1. The number of hydrogen-bond acceptors (Lipinski definition) is 3. The van der Waals surface area contributed by atoms with E-state index in [1.807, 2.05) is 36.4 Å². The summed E-state index contributed by atoms with van der Waals surface area (Å²) < 4.78 is 5.48. The standard InChI is InChI=1S/C21H16BrNO2/c1-25-21(24)17-10-12(11-18(23)20(17)22)19-15-8-4-2-6-13(15)14-7-3-5-9-16(14)19/h2-11,19H,23H2,1H3. The summed E-state index contributed by atoms with van der Waals surface area (Å²) in [4.78, 5) is 12.1. The molecule has 0 aliphatic heterocycles. The number of nitrogen functional groups attached to an aromatic ring is 1. The summed E-state index contributed by atoms with van der Waals surface area (Å²) in [6, 6.07) is 20.5. The number of benzene rings is 3. The minimum atomic E-state index is -0.403. The predicted octanol–water partition coefficient (Wildman–Crippen LogP) is 4.98. The van der Waals surface area contributed by atoms with E-state index in [-0.39, 0.29) is 5.92 Å². The van der Waals surface area contributed by atoms with Gasteiger partial charge in [-0.3, -0.25) is 0 Å². The molecular weight excluding hydrogens is 378 g/mol. The van der Waals surface area contributed by atoms with Crippen molar-refractivity contribution in [3.8, 4) is 11.1 Å². The van der Waals surface area contributed by atoms with Crippen molar-refractivity contribution in [2.24, 2.45) is 0 Å². The Labute approximate surface area is 154 Å². The van der Waals surface area contributed by atoms with Crippen LogP contribution < -0.4 is 5.73 Å². The van der Waals surface area contributed by atoms with Gasteiger partial charge in [-0.25, -0.2) is 4.79 Å². The molecule has 2 N–H and O–H groups in total. The first-order valence-corrected chi connectivity index (χ1v) is 8.76. The number of carbonyl (C=O) groups is 1. The molecule has 3 aromatic carbocycles. The molecule has 0 heterocycles. The number of halogens is 1. The van der Waals surface area contributed by atoms with Crippen molar-refractivity contribution in [3.63, 3.8) is 0 Å². The van der Waals surface area contributed by atoms with Crippen LogP contribution in [0.2, 0.25) is 0 Å². The lowest BCUT2D eigenvalue weighted by Crippen LogP contribution is -2.08. The molecule has 0 aromatic heterocycles. The molecule has 0 saturated carbocycles. The van der Waals surface area contributed by atoms with Gasteiger partial charge in [0.25, 0.3) is 0 Å². The Morgan fingerprint density at radius 2 is 1.56 bits per heavy atom. The normalized spacial score (nSPS) is 12.6. The monoisotopic (exact) mass is 393 g/mol. The van der Waals surface area contributed by atoms with Gasteiger partial charge in [-0.15, -0.1) is 0 Å². The average Bonchev–Trinajstić information content (AvgIpc) is 2.98. The highest BCUT2D eigenvalue weighted by molar-refractivity contribution is 9.10. The Hall–Kier alpha value is -2.59. The number of hydrogen-bond donors (Lipinski definition) is 1. The number of ether oxygens (including phenoxy) is 1.